The Morgan fingerprint density at radius 2 is 1.96 bits per heavy atom. The molecule has 2 heterocycles. The molecule has 2 aliphatic rings. The molecule has 3 rings (SSSR count). The number of alkyl halides is 3. The number of hydrogen-bond acceptors (Lipinski definition) is 5. The minimum atomic E-state index is -4.54. The highest BCUT2D eigenvalue weighted by atomic mass is 19.4. The molecule has 2 fully saturated rings. The summed E-state index contributed by atoms with van der Waals surface area (Å²) in [4.78, 5) is 21.1. The predicted molar refractivity (Wildman–Crippen MR) is 85.5 cm³/mol. The van der Waals surface area contributed by atoms with Gasteiger partial charge in [-0.1, -0.05) is 0 Å². The standard InChI is InChI=1S/C17H22F3N3O3/c1-16(2,3)26-15(24)23-8-10-4-5-11(10)12(23)9-25-14-7-21-13(6-22-14)17(18,19)20/h6-7,10-12H,4-5,8-9H2,1-3H3/t10?,11?,12-/m1/s1. The molecular formula is C17H22F3N3O3. The first-order valence-electron chi connectivity index (χ1n) is 8.56. The van der Waals surface area contributed by atoms with Gasteiger partial charge >= 0.3 is 12.3 Å². The number of halogens is 3. The normalized spacial score (nSPS) is 25.5. The molecule has 9 heteroatoms. The number of carbonyl (C=O) groups excluding carboxylic acids is 1. The summed E-state index contributed by atoms with van der Waals surface area (Å²) in [5.41, 5.74) is -1.66. The van der Waals surface area contributed by atoms with Crippen LogP contribution in [0.5, 0.6) is 5.88 Å². The van der Waals surface area contributed by atoms with Crippen molar-refractivity contribution in [3.05, 3.63) is 18.1 Å². The fourth-order valence-electron chi connectivity index (χ4n) is 3.40. The number of fused-ring (bicyclic) bond motifs is 1. The third kappa shape index (κ3) is 4.02. The van der Waals surface area contributed by atoms with Crippen molar-refractivity contribution in [1.29, 1.82) is 0 Å². The molecule has 0 aromatic carbocycles. The quantitative estimate of drug-likeness (QED) is 0.811. The van der Waals surface area contributed by atoms with Gasteiger partial charge in [-0.05, 0) is 45.4 Å². The molecule has 6 nitrogen and oxygen atoms in total. The number of nitrogens with zero attached hydrogens (tertiary/aromatic N) is 3. The Balaban J connectivity index is 1.64. The number of carbonyl (C=O) groups is 1. The van der Waals surface area contributed by atoms with E-state index in [0.717, 1.165) is 19.0 Å². The van der Waals surface area contributed by atoms with Crippen molar-refractivity contribution < 1.29 is 27.4 Å². The van der Waals surface area contributed by atoms with E-state index in [4.69, 9.17) is 9.47 Å². The molecule has 0 N–H and O–H groups in total. The van der Waals surface area contributed by atoms with Crippen molar-refractivity contribution in [2.75, 3.05) is 13.2 Å². The Labute approximate surface area is 149 Å². The maximum atomic E-state index is 12.5. The zero-order chi connectivity index (χ0) is 19.1. The van der Waals surface area contributed by atoms with Crippen LogP contribution in [0.15, 0.2) is 12.4 Å². The molecule has 0 radical (unpaired) electrons. The molecule has 1 amide bonds. The van der Waals surface area contributed by atoms with Gasteiger partial charge in [0.1, 0.15) is 12.2 Å². The summed E-state index contributed by atoms with van der Waals surface area (Å²) in [7, 11) is 0. The average molecular weight is 373 g/mol. The van der Waals surface area contributed by atoms with Gasteiger partial charge in [0.2, 0.25) is 5.88 Å². The maximum absolute atomic E-state index is 12.5. The van der Waals surface area contributed by atoms with E-state index in [-0.39, 0.29) is 24.6 Å². The Morgan fingerprint density at radius 1 is 1.23 bits per heavy atom. The van der Waals surface area contributed by atoms with E-state index in [1.54, 1.807) is 25.7 Å². The van der Waals surface area contributed by atoms with Crippen molar-refractivity contribution in [1.82, 2.24) is 14.9 Å². The van der Waals surface area contributed by atoms with E-state index < -0.39 is 17.5 Å². The molecule has 1 saturated carbocycles. The molecular weight excluding hydrogens is 351 g/mol. The smallest absolute Gasteiger partial charge is 0.434 e. The second-order valence-corrected chi connectivity index (χ2v) is 7.75. The lowest BCUT2D eigenvalue weighted by molar-refractivity contribution is -0.141. The zero-order valence-corrected chi connectivity index (χ0v) is 14.9. The van der Waals surface area contributed by atoms with Crippen LogP contribution >= 0.6 is 0 Å². The van der Waals surface area contributed by atoms with Crippen LogP contribution in [0.2, 0.25) is 0 Å². The van der Waals surface area contributed by atoms with E-state index in [2.05, 4.69) is 9.97 Å². The summed E-state index contributed by atoms with van der Waals surface area (Å²) in [6.07, 6.45) is -1.28. The first-order valence-corrected chi connectivity index (χ1v) is 8.56. The number of likely N-dealkylation sites (tertiary alicyclic amines) is 1. The highest BCUT2D eigenvalue weighted by Crippen LogP contribution is 2.45. The largest absolute Gasteiger partial charge is 0.474 e. The Bertz CT molecular complexity index is 658. The maximum Gasteiger partial charge on any atom is 0.434 e. The van der Waals surface area contributed by atoms with Crippen molar-refractivity contribution in [3.8, 4) is 5.88 Å². The third-order valence-corrected chi connectivity index (χ3v) is 4.75. The molecule has 1 aliphatic heterocycles. The van der Waals surface area contributed by atoms with Gasteiger partial charge in [0, 0.05) is 6.54 Å². The van der Waals surface area contributed by atoms with Crippen molar-refractivity contribution in [2.45, 2.75) is 51.4 Å². The Hall–Kier alpha value is -2.06. The van der Waals surface area contributed by atoms with E-state index in [0.29, 0.717) is 24.6 Å². The summed E-state index contributed by atoms with van der Waals surface area (Å²) in [5, 5.41) is 0. The van der Waals surface area contributed by atoms with Gasteiger partial charge in [0.05, 0.1) is 18.4 Å². The van der Waals surface area contributed by atoms with Crippen molar-refractivity contribution >= 4 is 6.09 Å². The minimum Gasteiger partial charge on any atom is -0.474 e. The first-order chi connectivity index (χ1) is 12.0. The van der Waals surface area contributed by atoms with Crippen LogP contribution < -0.4 is 4.74 Å². The van der Waals surface area contributed by atoms with Crippen LogP contribution in [0.1, 0.15) is 39.3 Å². The van der Waals surface area contributed by atoms with Gasteiger partial charge in [-0.25, -0.2) is 14.8 Å². The van der Waals surface area contributed by atoms with Crippen molar-refractivity contribution in [2.24, 2.45) is 11.8 Å². The van der Waals surface area contributed by atoms with Crippen LogP contribution in [-0.2, 0) is 10.9 Å². The number of amides is 1. The van der Waals surface area contributed by atoms with Gasteiger partial charge in [0.15, 0.2) is 5.69 Å². The van der Waals surface area contributed by atoms with E-state index in [1.165, 1.54) is 0 Å². The van der Waals surface area contributed by atoms with Crippen LogP contribution in [0, 0.1) is 11.8 Å². The zero-order valence-electron chi connectivity index (χ0n) is 14.9. The van der Waals surface area contributed by atoms with Crippen LogP contribution in [0.4, 0.5) is 18.0 Å². The van der Waals surface area contributed by atoms with Crippen LogP contribution in [-0.4, -0.2) is 45.8 Å². The fourth-order valence-corrected chi connectivity index (χ4v) is 3.40. The molecule has 3 atom stereocenters. The molecule has 144 valence electrons. The summed E-state index contributed by atoms with van der Waals surface area (Å²) in [6, 6.07) is -0.173. The number of ether oxygens (including phenoxy) is 2. The number of aromatic nitrogens is 2. The molecule has 0 bridgehead atoms. The average Bonchev–Trinajstić information content (AvgIpc) is 2.73. The fraction of sp³-hybridized carbons (Fsp3) is 0.706. The van der Waals surface area contributed by atoms with E-state index >= 15 is 0 Å². The third-order valence-electron chi connectivity index (χ3n) is 4.75. The van der Waals surface area contributed by atoms with Crippen molar-refractivity contribution in [3.63, 3.8) is 0 Å². The summed E-state index contributed by atoms with van der Waals surface area (Å²) in [6.45, 7) is 6.18. The molecule has 1 aromatic heterocycles. The second-order valence-electron chi connectivity index (χ2n) is 7.75. The Morgan fingerprint density at radius 3 is 2.46 bits per heavy atom. The monoisotopic (exact) mass is 373 g/mol. The van der Waals surface area contributed by atoms with Gasteiger partial charge < -0.3 is 14.4 Å². The Kier molecular flexibility index (Phi) is 4.74. The second kappa shape index (κ2) is 6.59. The topological polar surface area (TPSA) is 64.5 Å². The van der Waals surface area contributed by atoms with Gasteiger partial charge in [-0.2, -0.15) is 13.2 Å². The molecule has 26 heavy (non-hydrogen) atoms. The number of hydrogen-bond donors (Lipinski definition) is 0. The summed E-state index contributed by atoms with van der Waals surface area (Å²) < 4.78 is 48.6. The SMILES string of the molecule is CC(C)(C)OC(=O)N1CC2CCC2[C@H]1COc1cnc(C(F)(F)F)cn1. The lowest BCUT2D eigenvalue weighted by Gasteiger charge is -2.33. The molecule has 0 spiro atoms. The first kappa shape index (κ1) is 18.7. The van der Waals surface area contributed by atoms with Crippen LogP contribution in [0.3, 0.4) is 0 Å². The summed E-state index contributed by atoms with van der Waals surface area (Å²) >= 11 is 0. The predicted octanol–water partition coefficient (Wildman–Crippen LogP) is 3.52. The lowest BCUT2D eigenvalue weighted by atomic mass is 9.73. The highest BCUT2D eigenvalue weighted by Gasteiger charge is 2.50. The van der Waals surface area contributed by atoms with E-state index in [9.17, 15) is 18.0 Å². The number of rotatable bonds is 3. The lowest BCUT2D eigenvalue weighted by Crippen LogP contribution is -2.44. The van der Waals surface area contributed by atoms with Crippen LogP contribution in [0.25, 0.3) is 0 Å². The molecule has 1 saturated heterocycles. The highest BCUT2D eigenvalue weighted by molar-refractivity contribution is 5.69. The van der Waals surface area contributed by atoms with Gasteiger partial charge in [-0.3, -0.25) is 0 Å². The van der Waals surface area contributed by atoms with Gasteiger partial charge in [-0.15, -0.1) is 0 Å². The minimum absolute atomic E-state index is 0.00455. The van der Waals surface area contributed by atoms with E-state index in [1.807, 2.05) is 0 Å². The molecule has 2 unspecified atom stereocenters. The van der Waals surface area contributed by atoms with Gasteiger partial charge in [0.25, 0.3) is 0 Å². The summed E-state index contributed by atoms with van der Waals surface area (Å²) in [5.74, 6) is 0.754. The molecule has 1 aliphatic carbocycles. The molecule has 1 aromatic rings.